The molecule has 0 N–H and O–H groups in total. The molecule has 3 rings (SSSR count). The monoisotopic (exact) mass is 352 g/mol. The van der Waals surface area contributed by atoms with Crippen molar-refractivity contribution in [2.75, 3.05) is 5.75 Å². The third-order valence-corrected chi connectivity index (χ3v) is 4.94. The van der Waals surface area contributed by atoms with E-state index in [2.05, 4.69) is 29.4 Å². The zero-order valence-electron chi connectivity index (χ0n) is 14.5. The number of rotatable bonds is 6. The summed E-state index contributed by atoms with van der Waals surface area (Å²) in [6.45, 7) is 6.28. The zero-order valence-corrected chi connectivity index (χ0v) is 15.3. The van der Waals surface area contributed by atoms with Crippen LogP contribution in [0.25, 0.3) is 5.69 Å². The Balaban J connectivity index is 1.71. The summed E-state index contributed by atoms with van der Waals surface area (Å²) in [5.74, 6) is 0.824. The van der Waals surface area contributed by atoms with E-state index in [1.165, 1.54) is 17.3 Å². The molecule has 0 fully saturated rings. The molecule has 128 valence electrons. The number of Topliss-reactive ketones (excluding diaryl/α,β-unsaturated/α-hetero) is 1. The number of aromatic nitrogens is 4. The van der Waals surface area contributed by atoms with Crippen LogP contribution in [0.15, 0.2) is 53.7 Å². The molecule has 0 saturated heterocycles. The lowest BCUT2D eigenvalue weighted by Gasteiger charge is -2.08. The Bertz CT molecular complexity index is 871. The lowest BCUT2D eigenvalue weighted by Crippen LogP contribution is -2.06. The summed E-state index contributed by atoms with van der Waals surface area (Å²) < 4.78 is 1.68. The first-order valence-corrected chi connectivity index (χ1v) is 9.15. The maximum Gasteiger partial charge on any atom is 0.214 e. The van der Waals surface area contributed by atoms with Crippen molar-refractivity contribution in [3.8, 4) is 5.69 Å². The van der Waals surface area contributed by atoms with Gasteiger partial charge in [0, 0.05) is 5.56 Å². The molecule has 25 heavy (non-hydrogen) atoms. The van der Waals surface area contributed by atoms with Crippen molar-refractivity contribution in [2.24, 2.45) is 0 Å². The average molecular weight is 352 g/mol. The third kappa shape index (κ3) is 3.96. The Labute approximate surface area is 151 Å². The highest BCUT2D eigenvalue weighted by Gasteiger charge is 2.14. The van der Waals surface area contributed by atoms with Crippen LogP contribution in [0.5, 0.6) is 0 Å². The highest BCUT2D eigenvalue weighted by atomic mass is 32.2. The number of ketones is 1. The van der Waals surface area contributed by atoms with Gasteiger partial charge in [0.05, 0.1) is 11.4 Å². The fourth-order valence-corrected chi connectivity index (χ4v) is 3.27. The van der Waals surface area contributed by atoms with Gasteiger partial charge in [-0.05, 0) is 40.5 Å². The van der Waals surface area contributed by atoms with Gasteiger partial charge in [-0.15, -0.1) is 5.10 Å². The molecule has 0 saturated carbocycles. The van der Waals surface area contributed by atoms with E-state index in [1.807, 2.05) is 55.5 Å². The molecule has 0 unspecified atom stereocenters. The van der Waals surface area contributed by atoms with Crippen molar-refractivity contribution in [2.45, 2.75) is 31.8 Å². The van der Waals surface area contributed by atoms with E-state index in [0.29, 0.717) is 22.4 Å². The van der Waals surface area contributed by atoms with Gasteiger partial charge in [0.2, 0.25) is 5.16 Å². The lowest BCUT2D eigenvalue weighted by molar-refractivity contribution is 0.102. The van der Waals surface area contributed by atoms with Gasteiger partial charge in [-0.25, -0.2) is 0 Å². The predicted octanol–water partition coefficient (Wildman–Crippen LogP) is 4.07. The number of tetrazole rings is 1. The molecule has 0 atom stereocenters. The highest BCUT2D eigenvalue weighted by molar-refractivity contribution is 7.99. The van der Waals surface area contributed by atoms with Gasteiger partial charge in [-0.1, -0.05) is 68.1 Å². The highest BCUT2D eigenvalue weighted by Crippen LogP contribution is 2.22. The van der Waals surface area contributed by atoms with Crippen LogP contribution in [0, 0.1) is 6.92 Å². The van der Waals surface area contributed by atoms with Gasteiger partial charge in [0.1, 0.15) is 0 Å². The molecule has 5 nitrogen and oxygen atoms in total. The van der Waals surface area contributed by atoms with Crippen LogP contribution in [0.2, 0.25) is 0 Å². The second-order valence-corrected chi connectivity index (χ2v) is 7.09. The summed E-state index contributed by atoms with van der Waals surface area (Å²) in [6.07, 6.45) is 0. The van der Waals surface area contributed by atoms with Crippen LogP contribution in [0.4, 0.5) is 0 Å². The Morgan fingerprint density at radius 3 is 2.52 bits per heavy atom. The van der Waals surface area contributed by atoms with Gasteiger partial charge in [-0.2, -0.15) is 4.68 Å². The summed E-state index contributed by atoms with van der Waals surface area (Å²) in [5.41, 5.74) is 3.94. The number of thioether (sulfide) groups is 1. The summed E-state index contributed by atoms with van der Waals surface area (Å²) in [4.78, 5) is 12.4. The number of hydrogen-bond acceptors (Lipinski definition) is 5. The van der Waals surface area contributed by atoms with Gasteiger partial charge in [0.25, 0.3) is 0 Å². The molecule has 6 heteroatoms. The first kappa shape index (κ1) is 17.4. The van der Waals surface area contributed by atoms with Crippen molar-refractivity contribution in [1.29, 1.82) is 0 Å². The summed E-state index contributed by atoms with van der Waals surface area (Å²) in [6, 6.07) is 15.7. The molecule has 0 aliphatic heterocycles. The predicted molar refractivity (Wildman–Crippen MR) is 99.5 cm³/mol. The smallest absolute Gasteiger partial charge is 0.214 e. The van der Waals surface area contributed by atoms with Gasteiger partial charge < -0.3 is 0 Å². The quantitative estimate of drug-likeness (QED) is 0.494. The summed E-state index contributed by atoms with van der Waals surface area (Å²) >= 11 is 1.35. The first-order chi connectivity index (χ1) is 12.1. The molecule has 3 aromatic rings. The minimum atomic E-state index is 0.0691. The molecule has 1 heterocycles. The number of para-hydroxylation sites is 1. The molecule has 1 aromatic heterocycles. The van der Waals surface area contributed by atoms with Crippen LogP contribution in [-0.2, 0) is 0 Å². The Hall–Kier alpha value is -2.47. The van der Waals surface area contributed by atoms with E-state index in [9.17, 15) is 4.79 Å². The number of benzene rings is 2. The van der Waals surface area contributed by atoms with E-state index < -0.39 is 0 Å². The van der Waals surface area contributed by atoms with Gasteiger partial charge in [-0.3, -0.25) is 4.79 Å². The van der Waals surface area contributed by atoms with E-state index in [-0.39, 0.29) is 5.78 Å². The van der Waals surface area contributed by atoms with Crippen LogP contribution in [0.3, 0.4) is 0 Å². The number of aryl methyl sites for hydroxylation is 1. The van der Waals surface area contributed by atoms with Crippen LogP contribution in [-0.4, -0.2) is 31.7 Å². The van der Waals surface area contributed by atoms with Crippen molar-refractivity contribution >= 4 is 17.5 Å². The zero-order chi connectivity index (χ0) is 17.8. The number of carbonyl (C=O) groups excluding carboxylic acids is 1. The SMILES string of the molecule is Cc1ccccc1-n1nnnc1SCC(=O)c1ccc(C(C)C)cc1. The first-order valence-electron chi connectivity index (χ1n) is 8.16. The van der Waals surface area contributed by atoms with E-state index >= 15 is 0 Å². The standard InChI is InChI=1S/C19H20N4OS/c1-13(2)15-8-10-16(11-9-15)18(24)12-25-19-20-21-22-23(19)17-7-5-4-6-14(17)3/h4-11,13H,12H2,1-3H3. The second kappa shape index (κ2) is 7.61. The third-order valence-electron chi connectivity index (χ3n) is 4.02. The Morgan fingerprint density at radius 1 is 1.12 bits per heavy atom. The van der Waals surface area contributed by atoms with E-state index in [4.69, 9.17) is 0 Å². The van der Waals surface area contributed by atoms with Gasteiger partial charge in [0.15, 0.2) is 5.78 Å². The second-order valence-electron chi connectivity index (χ2n) is 6.15. The molecule has 0 amide bonds. The molecule has 0 spiro atoms. The summed E-state index contributed by atoms with van der Waals surface area (Å²) in [5, 5.41) is 12.5. The maximum absolute atomic E-state index is 12.4. The Morgan fingerprint density at radius 2 is 1.84 bits per heavy atom. The van der Waals surface area contributed by atoms with Crippen molar-refractivity contribution in [1.82, 2.24) is 20.2 Å². The van der Waals surface area contributed by atoms with Crippen molar-refractivity contribution < 1.29 is 4.79 Å². The average Bonchev–Trinajstić information content (AvgIpc) is 3.08. The molecule has 0 radical (unpaired) electrons. The van der Waals surface area contributed by atoms with Crippen LogP contribution in [0.1, 0.15) is 41.3 Å². The molecule has 0 aliphatic rings. The maximum atomic E-state index is 12.4. The lowest BCUT2D eigenvalue weighted by atomic mass is 10.0. The molecule has 0 bridgehead atoms. The van der Waals surface area contributed by atoms with E-state index in [1.54, 1.807) is 4.68 Å². The normalized spacial score (nSPS) is 11.0. The minimum Gasteiger partial charge on any atom is -0.293 e. The largest absolute Gasteiger partial charge is 0.293 e. The molecule has 2 aromatic carbocycles. The number of hydrogen-bond donors (Lipinski definition) is 0. The Kier molecular flexibility index (Phi) is 5.28. The molecular formula is C19H20N4OS. The molecule has 0 aliphatic carbocycles. The van der Waals surface area contributed by atoms with E-state index in [0.717, 1.165) is 11.3 Å². The number of nitrogens with zero attached hydrogens (tertiary/aromatic N) is 4. The molecular weight excluding hydrogens is 332 g/mol. The van der Waals surface area contributed by atoms with Gasteiger partial charge >= 0.3 is 0 Å². The fraction of sp³-hybridized carbons (Fsp3) is 0.263. The topological polar surface area (TPSA) is 60.7 Å². The number of carbonyl (C=O) groups is 1. The van der Waals surface area contributed by atoms with Crippen molar-refractivity contribution in [3.05, 3.63) is 65.2 Å². The van der Waals surface area contributed by atoms with Crippen LogP contribution < -0.4 is 0 Å². The fourth-order valence-electron chi connectivity index (χ4n) is 2.49. The van der Waals surface area contributed by atoms with Crippen LogP contribution >= 0.6 is 11.8 Å². The summed E-state index contributed by atoms with van der Waals surface area (Å²) in [7, 11) is 0. The minimum absolute atomic E-state index is 0.0691. The van der Waals surface area contributed by atoms with Crippen molar-refractivity contribution in [3.63, 3.8) is 0 Å².